The molecule has 2 amide bonds. The second kappa shape index (κ2) is 10.1. The van der Waals surface area contributed by atoms with E-state index in [0.717, 1.165) is 29.4 Å². The molecule has 178 valence electrons. The molecule has 2 heterocycles. The van der Waals surface area contributed by atoms with Crippen molar-refractivity contribution < 1.29 is 9.59 Å². The van der Waals surface area contributed by atoms with Crippen molar-refractivity contribution in [2.75, 3.05) is 5.32 Å². The Morgan fingerprint density at radius 3 is 2.60 bits per heavy atom. The third kappa shape index (κ3) is 5.22. The van der Waals surface area contributed by atoms with Crippen LogP contribution in [0.5, 0.6) is 0 Å². The molecule has 1 aliphatic rings. The van der Waals surface area contributed by atoms with Gasteiger partial charge >= 0.3 is 0 Å². The maximum absolute atomic E-state index is 13.0. The molecular formula is C25H25N7O2S. The standard InChI is InChI=1S/C25H25N7O2S/c26-23(32-24-27-18-12-6-7-13-19(18)28-24)30-22(34)20-14-35-25(29-20)31-21(33)17-11-5-4-10-16(17)15-8-2-1-3-9-15/h4-7,10-15H,1-3,8-9H2,(H,29,31,33)(H4,26,27,28,30,32,34). The number of rotatable bonds is 5. The fourth-order valence-electron chi connectivity index (χ4n) is 4.39. The summed E-state index contributed by atoms with van der Waals surface area (Å²) in [5.74, 6) is -0.182. The maximum atomic E-state index is 13.0. The summed E-state index contributed by atoms with van der Waals surface area (Å²) in [6.45, 7) is 0. The van der Waals surface area contributed by atoms with Gasteiger partial charge < -0.3 is 10.7 Å². The van der Waals surface area contributed by atoms with Crippen LogP contribution < -0.4 is 16.4 Å². The lowest BCUT2D eigenvalue weighted by Gasteiger charge is -2.23. The van der Waals surface area contributed by atoms with E-state index in [0.29, 0.717) is 16.6 Å². The number of benzene rings is 2. The number of imidazole rings is 1. The van der Waals surface area contributed by atoms with Crippen LogP contribution in [0.4, 0.5) is 11.1 Å². The molecule has 0 unspecified atom stereocenters. The molecule has 0 radical (unpaired) electrons. The van der Waals surface area contributed by atoms with Crippen molar-refractivity contribution in [3.63, 3.8) is 0 Å². The number of hydrogen-bond donors (Lipinski definition) is 4. The van der Waals surface area contributed by atoms with Crippen LogP contribution in [-0.4, -0.2) is 32.7 Å². The number of thiazole rings is 1. The van der Waals surface area contributed by atoms with Gasteiger partial charge in [-0.1, -0.05) is 49.6 Å². The van der Waals surface area contributed by atoms with Crippen molar-refractivity contribution >= 4 is 51.2 Å². The number of para-hydroxylation sites is 2. The average Bonchev–Trinajstić information content (AvgIpc) is 3.51. The SMILES string of the molecule is NC(=Nc1nc2ccccc2[nH]1)NC(=O)c1csc(NC(=O)c2ccccc2C2CCCCC2)n1. The Morgan fingerprint density at radius 2 is 1.77 bits per heavy atom. The van der Waals surface area contributed by atoms with Crippen LogP contribution in [-0.2, 0) is 0 Å². The number of aromatic amines is 1. The van der Waals surface area contributed by atoms with Crippen molar-refractivity contribution in [1.29, 1.82) is 0 Å². The number of nitrogens with two attached hydrogens (primary N) is 1. The molecule has 35 heavy (non-hydrogen) atoms. The number of nitrogens with zero attached hydrogens (tertiary/aromatic N) is 3. The quantitative estimate of drug-likeness (QED) is 0.239. The summed E-state index contributed by atoms with van der Waals surface area (Å²) in [5.41, 5.74) is 9.31. The zero-order valence-corrected chi connectivity index (χ0v) is 19.8. The highest BCUT2D eigenvalue weighted by Gasteiger charge is 2.22. The maximum Gasteiger partial charge on any atom is 0.277 e. The highest BCUT2D eigenvalue weighted by Crippen LogP contribution is 2.34. The Labute approximate surface area is 205 Å². The van der Waals surface area contributed by atoms with Gasteiger partial charge in [0, 0.05) is 10.9 Å². The summed E-state index contributed by atoms with van der Waals surface area (Å²) in [5, 5.41) is 7.23. The minimum absolute atomic E-state index is 0.117. The molecule has 0 bridgehead atoms. The zero-order valence-electron chi connectivity index (χ0n) is 19.0. The molecule has 1 aliphatic carbocycles. The van der Waals surface area contributed by atoms with Gasteiger partial charge in [0.05, 0.1) is 11.0 Å². The molecule has 2 aromatic carbocycles. The molecule has 5 N–H and O–H groups in total. The van der Waals surface area contributed by atoms with Crippen LogP contribution in [0.15, 0.2) is 58.9 Å². The number of guanidine groups is 1. The third-order valence-corrected chi connectivity index (χ3v) is 6.81. The second-order valence-electron chi connectivity index (χ2n) is 8.44. The Balaban J connectivity index is 1.24. The molecule has 0 spiro atoms. The molecule has 0 atom stereocenters. The van der Waals surface area contributed by atoms with E-state index in [1.54, 1.807) is 5.38 Å². The summed E-state index contributed by atoms with van der Waals surface area (Å²) >= 11 is 1.17. The Bertz CT molecular complexity index is 1370. The predicted molar refractivity (Wildman–Crippen MR) is 137 cm³/mol. The number of H-pyrrole nitrogens is 1. The number of hydrogen-bond acceptors (Lipinski definition) is 6. The third-order valence-electron chi connectivity index (χ3n) is 6.05. The van der Waals surface area contributed by atoms with Gasteiger partial charge in [-0.2, -0.15) is 4.99 Å². The van der Waals surface area contributed by atoms with Gasteiger partial charge in [0.15, 0.2) is 5.13 Å². The molecule has 9 nitrogen and oxygen atoms in total. The fourth-order valence-corrected chi connectivity index (χ4v) is 5.07. The van der Waals surface area contributed by atoms with Crippen LogP contribution >= 0.6 is 11.3 Å². The van der Waals surface area contributed by atoms with Gasteiger partial charge in [0.25, 0.3) is 11.8 Å². The van der Waals surface area contributed by atoms with Crippen molar-refractivity contribution in [3.05, 3.63) is 70.7 Å². The highest BCUT2D eigenvalue weighted by atomic mass is 32.1. The minimum Gasteiger partial charge on any atom is -0.369 e. The monoisotopic (exact) mass is 487 g/mol. The fraction of sp³-hybridized carbons (Fsp3) is 0.240. The van der Waals surface area contributed by atoms with Crippen molar-refractivity contribution in [2.24, 2.45) is 10.7 Å². The number of aromatic nitrogens is 3. The van der Waals surface area contributed by atoms with E-state index in [1.807, 2.05) is 48.5 Å². The number of anilines is 1. The van der Waals surface area contributed by atoms with E-state index in [9.17, 15) is 9.59 Å². The number of carbonyl (C=O) groups excluding carboxylic acids is 2. The summed E-state index contributed by atoms with van der Waals surface area (Å²) in [4.78, 5) is 41.3. The first kappa shape index (κ1) is 22.7. The zero-order chi connectivity index (χ0) is 24.2. The Hall–Kier alpha value is -4.05. The second-order valence-corrected chi connectivity index (χ2v) is 9.30. The normalized spacial score (nSPS) is 14.7. The van der Waals surface area contributed by atoms with E-state index in [4.69, 9.17) is 5.73 Å². The Morgan fingerprint density at radius 1 is 1.00 bits per heavy atom. The molecule has 1 saturated carbocycles. The molecule has 0 aliphatic heterocycles. The van der Waals surface area contributed by atoms with Crippen LogP contribution in [0.1, 0.15) is 64.4 Å². The van der Waals surface area contributed by atoms with Crippen molar-refractivity contribution in [3.8, 4) is 0 Å². The smallest absolute Gasteiger partial charge is 0.277 e. The molecule has 1 fully saturated rings. The van der Waals surface area contributed by atoms with Gasteiger partial charge in [0.2, 0.25) is 11.9 Å². The lowest BCUT2D eigenvalue weighted by Crippen LogP contribution is -2.36. The number of carbonyl (C=O) groups is 2. The van der Waals surface area contributed by atoms with Crippen LogP contribution in [0.2, 0.25) is 0 Å². The summed E-state index contributed by atoms with van der Waals surface area (Å²) < 4.78 is 0. The summed E-state index contributed by atoms with van der Waals surface area (Å²) in [7, 11) is 0. The van der Waals surface area contributed by atoms with E-state index in [2.05, 4.69) is 30.6 Å². The van der Waals surface area contributed by atoms with Crippen molar-refractivity contribution in [2.45, 2.75) is 38.0 Å². The van der Waals surface area contributed by atoms with E-state index in [1.165, 1.54) is 30.6 Å². The topological polar surface area (TPSA) is 138 Å². The van der Waals surface area contributed by atoms with Gasteiger partial charge in [-0.3, -0.25) is 20.2 Å². The summed E-state index contributed by atoms with van der Waals surface area (Å²) in [6.07, 6.45) is 5.83. The molecule has 4 aromatic rings. The highest BCUT2D eigenvalue weighted by molar-refractivity contribution is 7.14. The van der Waals surface area contributed by atoms with Crippen LogP contribution in [0.3, 0.4) is 0 Å². The lowest BCUT2D eigenvalue weighted by atomic mass is 9.82. The van der Waals surface area contributed by atoms with Crippen molar-refractivity contribution in [1.82, 2.24) is 20.3 Å². The number of amides is 2. The van der Waals surface area contributed by atoms with Gasteiger partial charge in [-0.05, 0) is 42.5 Å². The molecule has 10 heteroatoms. The average molecular weight is 488 g/mol. The molecule has 0 saturated heterocycles. The first-order valence-electron chi connectivity index (χ1n) is 11.5. The number of nitrogens with one attached hydrogen (secondary N) is 3. The minimum atomic E-state index is -0.526. The Kier molecular flexibility index (Phi) is 6.53. The van der Waals surface area contributed by atoms with Gasteiger partial charge in [-0.15, -0.1) is 11.3 Å². The van der Waals surface area contributed by atoms with E-state index < -0.39 is 5.91 Å². The molecule has 5 rings (SSSR count). The lowest BCUT2D eigenvalue weighted by molar-refractivity contribution is 0.0970. The molecular weight excluding hydrogens is 462 g/mol. The van der Waals surface area contributed by atoms with Gasteiger partial charge in [0.1, 0.15) is 5.69 Å². The summed E-state index contributed by atoms with van der Waals surface area (Å²) in [6, 6.07) is 15.2. The van der Waals surface area contributed by atoms with E-state index >= 15 is 0 Å². The van der Waals surface area contributed by atoms with E-state index in [-0.39, 0.29) is 23.5 Å². The van der Waals surface area contributed by atoms with Gasteiger partial charge in [-0.25, -0.2) is 9.97 Å². The number of aliphatic imine (C=N–C) groups is 1. The molecule has 2 aromatic heterocycles. The first-order chi connectivity index (χ1) is 17.1. The number of fused-ring (bicyclic) bond motifs is 1. The first-order valence-corrected chi connectivity index (χ1v) is 12.4. The van der Waals surface area contributed by atoms with Crippen LogP contribution in [0.25, 0.3) is 11.0 Å². The predicted octanol–water partition coefficient (Wildman–Crippen LogP) is 4.70. The van der Waals surface area contributed by atoms with Crippen LogP contribution in [0, 0.1) is 0 Å². The largest absolute Gasteiger partial charge is 0.369 e.